The standard InChI is InChI=1S/C12H12ClFN2O/c1-16-7-9(6-15-16)11(17)5-8-3-2-4-10(14)12(8)13/h2-4,6-7,11,17H,5H2,1H3. The van der Waals surface area contributed by atoms with Crippen LogP contribution in [0.25, 0.3) is 0 Å². The first-order valence-electron chi connectivity index (χ1n) is 5.17. The molecule has 17 heavy (non-hydrogen) atoms. The van der Waals surface area contributed by atoms with Crippen molar-refractivity contribution in [2.75, 3.05) is 0 Å². The Bertz CT molecular complexity index is 527. The predicted octanol–water partition coefficient (Wildman–Crippen LogP) is 2.49. The van der Waals surface area contributed by atoms with E-state index in [9.17, 15) is 9.50 Å². The summed E-state index contributed by atoms with van der Waals surface area (Å²) in [5, 5.41) is 14.0. The first-order valence-corrected chi connectivity index (χ1v) is 5.55. The SMILES string of the molecule is Cn1cc(C(O)Cc2cccc(F)c2Cl)cn1. The second-order valence-corrected chi connectivity index (χ2v) is 4.26. The molecular formula is C12H12ClFN2O. The summed E-state index contributed by atoms with van der Waals surface area (Å²) in [5.41, 5.74) is 1.27. The molecule has 1 aromatic carbocycles. The largest absolute Gasteiger partial charge is 0.388 e. The minimum absolute atomic E-state index is 0.0652. The number of aliphatic hydroxyl groups is 1. The van der Waals surface area contributed by atoms with E-state index in [1.165, 1.54) is 6.07 Å². The lowest BCUT2D eigenvalue weighted by atomic mass is 10.0. The molecule has 3 nitrogen and oxygen atoms in total. The van der Waals surface area contributed by atoms with Crippen molar-refractivity contribution in [3.63, 3.8) is 0 Å². The first kappa shape index (κ1) is 12.1. The van der Waals surface area contributed by atoms with E-state index in [0.29, 0.717) is 11.1 Å². The molecule has 2 aromatic rings. The first-order chi connectivity index (χ1) is 8.08. The van der Waals surface area contributed by atoms with Gasteiger partial charge in [0.1, 0.15) is 5.82 Å². The fraction of sp³-hybridized carbons (Fsp3) is 0.250. The number of aromatic nitrogens is 2. The Morgan fingerprint density at radius 2 is 2.29 bits per heavy atom. The molecule has 2 rings (SSSR count). The van der Waals surface area contributed by atoms with Gasteiger partial charge in [0, 0.05) is 25.2 Å². The highest BCUT2D eigenvalue weighted by molar-refractivity contribution is 6.31. The summed E-state index contributed by atoms with van der Waals surface area (Å²) in [5.74, 6) is -0.470. The van der Waals surface area contributed by atoms with Gasteiger partial charge in [0.05, 0.1) is 17.3 Å². The van der Waals surface area contributed by atoms with Gasteiger partial charge in [0.2, 0.25) is 0 Å². The van der Waals surface area contributed by atoms with Crippen LogP contribution >= 0.6 is 11.6 Å². The summed E-state index contributed by atoms with van der Waals surface area (Å²) in [6.45, 7) is 0. The Labute approximate surface area is 103 Å². The molecule has 1 aromatic heterocycles. The van der Waals surface area contributed by atoms with Crippen molar-refractivity contribution in [3.8, 4) is 0 Å². The molecule has 90 valence electrons. The van der Waals surface area contributed by atoms with Gasteiger partial charge in [-0.15, -0.1) is 0 Å². The van der Waals surface area contributed by atoms with Crippen LogP contribution in [-0.4, -0.2) is 14.9 Å². The highest BCUT2D eigenvalue weighted by Gasteiger charge is 2.14. The van der Waals surface area contributed by atoms with E-state index in [-0.39, 0.29) is 11.4 Å². The topological polar surface area (TPSA) is 38.0 Å². The molecule has 0 aliphatic carbocycles. The van der Waals surface area contributed by atoms with Gasteiger partial charge in [-0.2, -0.15) is 5.10 Å². The van der Waals surface area contributed by atoms with E-state index in [1.54, 1.807) is 36.3 Å². The lowest BCUT2D eigenvalue weighted by molar-refractivity contribution is 0.178. The van der Waals surface area contributed by atoms with E-state index < -0.39 is 11.9 Å². The van der Waals surface area contributed by atoms with Crippen molar-refractivity contribution in [2.24, 2.45) is 7.05 Å². The third-order valence-corrected chi connectivity index (χ3v) is 2.98. The highest BCUT2D eigenvalue weighted by Crippen LogP contribution is 2.25. The Hall–Kier alpha value is -1.39. The lowest BCUT2D eigenvalue weighted by Gasteiger charge is -2.10. The molecule has 1 N–H and O–H groups in total. The van der Waals surface area contributed by atoms with E-state index in [4.69, 9.17) is 11.6 Å². The zero-order chi connectivity index (χ0) is 12.4. The van der Waals surface area contributed by atoms with Crippen molar-refractivity contribution in [3.05, 3.63) is 52.6 Å². The third-order valence-electron chi connectivity index (χ3n) is 2.55. The van der Waals surface area contributed by atoms with Crippen molar-refractivity contribution in [1.82, 2.24) is 9.78 Å². The number of aryl methyl sites for hydroxylation is 1. The minimum Gasteiger partial charge on any atom is -0.388 e. The van der Waals surface area contributed by atoms with Crippen LogP contribution in [0.3, 0.4) is 0 Å². The maximum absolute atomic E-state index is 13.2. The molecule has 0 aliphatic rings. The molecule has 0 radical (unpaired) electrons. The summed E-state index contributed by atoms with van der Waals surface area (Å²) in [6.07, 6.45) is 2.83. The van der Waals surface area contributed by atoms with Gasteiger partial charge >= 0.3 is 0 Å². The number of halogens is 2. The number of hydrogen-bond donors (Lipinski definition) is 1. The van der Waals surface area contributed by atoms with E-state index >= 15 is 0 Å². The van der Waals surface area contributed by atoms with Gasteiger partial charge in [-0.25, -0.2) is 4.39 Å². The maximum Gasteiger partial charge on any atom is 0.142 e. The summed E-state index contributed by atoms with van der Waals surface area (Å²) < 4.78 is 14.8. The van der Waals surface area contributed by atoms with Gasteiger partial charge in [0.15, 0.2) is 0 Å². The molecule has 0 amide bonds. The van der Waals surface area contributed by atoms with Gasteiger partial charge in [-0.1, -0.05) is 23.7 Å². The van der Waals surface area contributed by atoms with Crippen LogP contribution in [0.5, 0.6) is 0 Å². The molecule has 1 unspecified atom stereocenters. The van der Waals surface area contributed by atoms with E-state index in [2.05, 4.69) is 5.10 Å². The van der Waals surface area contributed by atoms with Crippen LogP contribution in [0.4, 0.5) is 4.39 Å². The summed E-state index contributed by atoms with van der Waals surface area (Å²) in [4.78, 5) is 0. The van der Waals surface area contributed by atoms with Crippen LogP contribution in [0.2, 0.25) is 5.02 Å². The minimum atomic E-state index is -0.733. The van der Waals surface area contributed by atoms with Crippen molar-refractivity contribution in [2.45, 2.75) is 12.5 Å². The Kier molecular flexibility index (Phi) is 3.45. The van der Waals surface area contributed by atoms with E-state index in [0.717, 1.165) is 0 Å². The van der Waals surface area contributed by atoms with Crippen molar-refractivity contribution < 1.29 is 9.50 Å². The number of benzene rings is 1. The second kappa shape index (κ2) is 4.85. The maximum atomic E-state index is 13.2. The van der Waals surface area contributed by atoms with Gasteiger partial charge < -0.3 is 5.11 Å². The average molecular weight is 255 g/mol. The third kappa shape index (κ3) is 2.65. The highest BCUT2D eigenvalue weighted by atomic mass is 35.5. The monoisotopic (exact) mass is 254 g/mol. The van der Waals surface area contributed by atoms with Crippen molar-refractivity contribution >= 4 is 11.6 Å². The summed E-state index contributed by atoms with van der Waals surface area (Å²) in [6, 6.07) is 4.57. The summed E-state index contributed by atoms with van der Waals surface area (Å²) in [7, 11) is 1.77. The molecule has 0 saturated heterocycles. The molecule has 1 atom stereocenters. The smallest absolute Gasteiger partial charge is 0.142 e. The molecule has 1 heterocycles. The quantitative estimate of drug-likeness (QED) is 0.914. The van der Waals surface area contributed by atoms with Crippen LogP contribution in [0.15, 0.2) is 30.6 Å². The zero-order valence-electron chi connectivity index (χ0n) is 9.27. The molecule has 0 bridgehead atoms. The normalized spacial score (nSPS) is 12.7. The van der Waals surface area contributed by atoms with E-state index in [1.807, 2.05) is 0 Å². The molecule has 0 aliphatic heterocycles. The molecule has 0 spiro atoms. The Balaban J connectivity index is 2.18. The Morgan fingerprint density at radius 3 is 2.94 bits per heavy atom. The predicted molar refractivity (Wildman–Crippen MR) is 63.3 cm³/mol. The Morgan fingerprint density at radius 1 is 1.53 bits per heavy atom. The van der Waals surface area contributed by atoms with Crippen molar-refractivity contribution in [1.29, 1.82) is 0 Å². The fourth-order valence-corrected chi connectivity index (χ4v) is 1.85. The molecule has 0 fully saturated rings. The summed E-state index contributed by atoms with van der Waals surface area (Å²) >= 11 is 5.82. The van der Waals surface area contributed by atoms with Gasteiger partial charge in [-0.3, -0.25) is 4.68 Å². The van der Waals surface area contributed by atoms with Gasteiger partial charge in [-0.05, 0) is 11.6 Å². The molecular weight excluding hydrogens is 243 g/mol. The van der Waals surface area contributed by atoms with Crippen LogP contribution in [0, 0.1) is 5.82 Å². The second-order valence-electron chi connectivity index (χ2n) is 3.88. The molecule has 5 heteroatoms. The average Bonchev–Trinajstić information content (AvgIpc) is 2.72. The number of nitrogens with zero attached hydrogens (tertiary/aromatic N) is 2. The van der Waals surface area contributed by atoms with Crippen LogP contribution in [-0.2, 0) is 13.5 Å². The van der Waals surface area contributed by atoms with Crippen LogP contribution < -0.4 is 0 Å². The number of rotatable bonds is 3. The van der Waals surface area contributed by atoms with Gasteiger partial charge in [0.25, 0.3) is 0 Å². The number of hydrogen-bond acceptors (Lipinski definition) is 2. The van der Waals surface area contributed by atoms with Crippen LogP contribution in [0.1, 0.15) is 17.2 Å². The molecule has 0 saturated carbocycles. The lowest BCUT2D eigenvalue weighted by Crippen LogP contribution is -2.02. The fourth-order valence-electron chi connectivity index (χ4n) is 1.64. The number of aliphatic hydroxyl groups excluding tert-OH is 1. The zero-order valence-corrected chi connectivity index (χ0v) is 10.0.